The molecule has 1 fully saturated rings. The first-order valence-corrected chi connectivity index (χ1v) is 6.47. The Morgan fingerprint density at radius 1 is 1.33 bits per heavy atom. The molecule has 0 atom stereocenters. The van der Waals surface area contributed by atoms with Gasteiger partial charge in [-0.25, -0.2) is 0 Å². The van der Waals surface area contributed by atoms with Gasteiger partial charge in [-0.15, -0.1) is 0 Å². The van der Waals surface area contributed by atoms with Crippen LogP contribution in [0.1, 0.15) is 38.2 Å². The molecule has 0 aliphatic heterocycles. The molecule has 0 unspecified atom stereocenters. The van der Waals surface area contributed by atoms with Gasteiger partial charge in [0.05, 0.1) is 0 Å². The van der Waals surface area contributed by atoms with E-state index in [0.29, 0.717) is 16.8 Å². The minimum absolute atomic E-state index is 0.414. The van der Waals surface area contributed by atoms with E-state index in [9.17, 15) is 0 Å². The number of halogens is 1. The van der Waals surface area contributed by atoms with Crippen LogP contribution in [0.5, 0.6) is 5.75 Å². The summed E-state index contributed by atoms with van der Waals surface area (Å²) in [6.07, 6.45) is 2.68. The highest BCUT2D eigenvalue weighted by molar-refractivity contribution is 9.09. The lowest BCUT2D eigenvalue weighted by molar-refractivity contribution is 0.128. The van der Waals surface area contributed by atoms with Crippen LogP contribution < -0.4 is 4.74 Å². The van der Waals surface area contributed by atoms with E-state index in [-0.39, 0.29) is 0 Å². The molecule has 1 aromatic carbocycles. The monoisotopic (exact) mass is 268 g/mol. The Morgan fingerprint density at radius 2 is 2.07 bits per heavy atom. The standard InChI is InChI=1S/C13H17BrO/c1-9(2)10-4-3-5-12(6-10)15-13-7-11(14)8-13/h3-6,9,11,13H,7-8H2,1-2H3. The van der Waals surface area contributed by atoms with Crippen LogP contribution in [0, 0.1) is 0 Å². The SMILES string of the molecule is CC(C)c1cccc(OC2CC(Br)C2)c1. The Bertz CT molecular complexity index is 329. The summed E-state index contributed by atoms with van der Waals surface area (Å²) >= 11 is 3.57. The van der Waals surface area contributed by atoms with Crippen molar-refractivity contribution in [3.05, 3.63) is 29.8 Å². The largest absolute Gasteiger partial charge is 0.490 e. The summed E-state index contributed by atoms with van der Waals surface area (Å²) in [5.74, 6) is 1.59. The van der Waals surface area contributed by atoms with E-state index >= 15 is 0 Å². The van der Waals surface area contributed by atoms with Crippen molar-refractivity contribution in [2.45, 2.75) is 43.5 Å². The van der Waals surface area contributed by atoms with Gasteiger partial charge in [0.15, 0.2) is 0 Å². The number of ether oxygens (including phenoxy) is 1. The van der Waals surface area contributed by atoms with Crippen molar-refractivity contribution in [3.63, 3.8) is 0 Å². The minimum atomic E-state index is 0.414. The topological polar surface area (TPSA) is 9.23 Å². The summed E-state index contributed by atoms with van der Waals surface area (Å²) in [6.45, 7) is 4.41. The third-order valence-corrected chi connectivity index (χ3v) is 3.61. The molecule has 0 radical (unpaired) electrons. The Kier molecular flexibility index (Phi) is 3.35. The predicted octanol–water partition coefficient (Wildman–Crippen LogP) is 4.11. The molecule has 0 spiro atoms. The van der Waals surface area contributed by atoms with Crippen LogP contribution in [0.3, 0.4) is 0 Å². The molecule has 1 aliphatic carbocycles. The first-order chi connectivity index (χ1) is 7.15. The van der Waals surface area contributed by atoms with Crippen molar-refractivity contribution >= 4 is 15.9 Å². The zero-order valence-corrected chi connectivity index (χ0v) is 10.8. The van der Waals surface area contributed by atoms with E-state index in [2.05, 4.69) is 48.0 Å². The zero-order chi connectivity index (χ0) is 10.8. The molecule has 0 bridgehead atoms. The van der Waals surface area contributed by atoms with E-state index in [0.717, 1.165) is 18.6 Å². The number of rotatable bonds is 3. The van der Waals surface area contributed by atoms with Gasteiger partial charge < -0.3 is 4.74 Å². The van der Waals surface area contributed by atoms with Gasteiger partial charge in [0, 0.05) is 4.83 Å². The Morgan fingerprint density at radius 3 is 2.67 bits per heavy atom. The lowest BCUT2D eigenvalue weighted by atomic mass is 9.96. The minimum Gasteiger partial charge on any atom is -0.490 e. The quantitative estimate of drug-likeness (QED) is 0.750. The first-order valence-electron chi connectivity index (χ1n) is 5.56. The molecule has 1 aromatic rings. The molecule has 0 aromatic heterocycles. The van der Waals surface area contributed by atoms with Crippen molar-refractivity contribution in [1.82, 2.24) is 0 Å². The Labute approximate surface area is 100.0 Å². The molecule has 0 saturated heterocycles. The number of alkyl halides is 1. The molecule has 82 valence electrons. The molecule has 1 nitrogen and oxygen atoms in total. The van der Waals surface area contributed by atoms with E-state index in [1.165, 1.54) is 5.56 Å². The van der Waals surface area contributed by atoms with Gasteiger partial charge in [-0.05, 0) is 36.5 Å². The van der Waals surface area contributed by atoms with Crippen LogP contribution in [-0.2, 0) is 0 Å². The second kappa shape index (κ2) is 4.56. The lowest BCUT2D eigenvalue weighted by Gasteiger charge is -2.31. The second-order valence-corrected chi connectivity index (χ2v) is 5.83. The molecular weight excluding hydrogens is 252 g/mol. The molecule has 1 saturated carbocycles. The molecule has 1 aliphatic rings. The molecule has 0 N–H and O–H groups in total. The fourth-order valence-corrected chi connectivity index (χ4v) is 2.57. The van der Waals surface area contributed by atoms with Crippen molar-refractivity contribution in [2.24, 2.45) is 0 Å². The summed E-state index contributed by atoms with van der Waals surface area (Å²) < 4.78 is 5.88. The Hall–Kier alpha value is -0.500. The zero-order valence-electron chi connectivity index (χ0n) is 9.24. The van der Waals surface area contributed by atoms with Crippen LogP contribution in [0.4, 0.5) is 0 Å². The predicted molar refractivity (Wildman–Crippen MR) is 66.9 cm³/mol. The maximum Gasteiger partial charge on any atom is 0.120 e. The molecule has 0 heterocycles. The van der Waals surface area contributed by atoms with Gasteiger partial charge in [0.25, 0.3) is 0 Å². The number of hydrogen-bond acceptors (Lipinski definition) is 1. The summed E-state index contributed by atoms with van der Waals surface area (Å²) in [5, 5.41) is 0. The van der Waals surface area contributed by atoms with Crippen LogP contribution in [0.25, 0.3) is 0 Å². The van der Waals surface area contributed by atoms with Gasteiger partial charge in [-0.1, -0.05) is 41.9 Å². The molecule has 2 rings (SSSR count). The molecular formula is C13H17BrO. The molecule has 2 heteroatoms. The van der Waals surface area contributed by atoms with Crippen molar-refractivity contribution in [1.29, 1.82) is 0 Å². The maximum absolute atomic E-state index is 5.88. The van der Waals surface area contributed by atoms with E-state index in [1.54, 1.807) is 0 Å². The third kappa shape index (κ3) is 2.75. The summed E-state index contributed by atoms with van der Waals surface area (Å²) in [5.41, 5.74) is 1.35. The fourth-order valence-electron chi connectivity index (χ4n) is 1.74. The highest BCUT2D eigenvalue weighted by Crippen LogP contribution is 2.31. The van der Waals surface area contributed by atoms with Crippen LogP contribution >= 0.6 is 15.9 Å². The van der Waals surface area contributed by atoms with E-state index in [4.69, 9.17) is 4.74 Å². The van der Waals surface area contributed by atoms with Gasteiger partial charge in [0.1, 0.15) is 11.9 Å². The second-order valence-electron chi connectivity index (χ2n) is 4.54. The van der Waals surface area contributed by atoms with Gasteiger partial charge >= 0.3 is 0 Å². The van der Waals surface area contributed by atoms with E-state index in [1.807, 2.05) is 6.07 Å². The number of hydrogen-bond donors (Lipinski definition) is 0. The van der Waals surface area contributed by atoms with Gasteiger partial charge in [0.2, 0.25) is 0 Å². The summed E-state index contributed by atoms with van der Waals surface area (Å²) in [6, 6.07) is 8.44. The Balaban J connectivity index is 1.99. The highest BCUT2D eigenvalue weighted by atomic mass is 79.9. The summed E-state index contributed by atoms with van der Waals surface area (Å²) in [7, 11) is 0. The van der Waals surface area contributed by atoms with Crippen molar-refractivity contribution in [2.75, 3.05) is 0 Å². The third-order valence-electron chi connectivity index (χ3n) is 2.86. The van der Waals surface area contributed by atoms with Crippen LogP contribution in [0.15, 0.2) is 24.3 Å². The van der Waals surface area contributed by atoms with Crippen molar-refractivity contribution in [3.8, 4) is 5.75 Å². The average Bonchev–Trinajstić information content (AvgIpc) is 2.16. The van der Waals surface area contributed by atoms with Gasteiger partial charge in [-0.3, -0.25) is 0 Å². The van der Waals surface area contributed by atoms with Crippen LogP contribution in [-0.4, -0.2) is 10.9 Å². The van der Waals surface area contributed by atoms with Gasteiger partial charge in [-0.2, -0.15) is 0 Å². The fraction of sp³-hybridized carbons (Fsp3) is 0.538. The summed E-state index contributed by atoms with van der Waals surface area (Å²) in [4.78, 5) is 0.663. The van der Waals surface area contributed by atoms with E-state index < -0.39 is 0 Å². The lowest BCUT2D eigenvalue weighted by Crippen LogP contribution is -2.33. The normalized spacial score (nSPS) is 25.1. The highest BCUT2D eigenvalue weighted by Gasteiger charge is 2.28. The average molecular weight is 269 g/mol. The molecule has 0 amide bonds. The first kappa shape index (κ1) is 11.0. The van der Waals surface area contributed by atoms with Crippen LogP contribution in [0.2, 0.25) is 0 Å². The maximum atomic E-state index is 5.88. The molecule has 15 heavy (non-hydrogen) atoms. The smallest absolute Gasteiger partial charge is 0.120 e. The number of benzene rings is 1. The van der Waals surface area contributed by atoms with Crippen molar-refractivity contribution < 1.29 is 4.74 Å².